The first-order chi connectivity index (χ1) is 16.0. The molecule has 1 N–H and O–H groups in total. The fourth-order valence-corrected chi connectivity index (χ4v) is 8.13. The van der Waals surface area contributed by atoms with Gasteiger partial charge in [0.1, 0.15) is 11.7 Å². The van der Waals surface area contributed by atoms with Gasteiger partial charge in [-0.2, -0.15) is 0 Å². The van der Waals surface area contributed by atoms with Crippen molar-refractivity contribution < 1.29 is 23.7 Å². The van der Waals surface area contributed by atoms with Gasteiger partial charge in [-0.15, -0.1) is 0 Å². The Bertz CT molecular complexity index is 768. The molecule has 4 aliphatic rings. The lowest BCUT2D eigenvalue weighted by atomic mass is 9.47. The molecule has 0 bridgehead atoms. The SMILES string of the molecule is CCO[C@@]12CC[C@H](O)[C@@H](C#C[C@@H](O[Si](C)(C)C(C)(C)C)C3CCCCC3)[C@@H]1C(C)C21OCCO1. The highest BCUT2D eigenvalue weighted by molar-refractivity contribution is 6.74. The zero-order chi connectivity index (χ0) is 24.8. The Morgan fingerprint density at radius 1 is 1.09 bits per heavy atom. The Kier molecular flexibility index (Phi) is 7.68. The number of fused-ring (bicyclic) bond motifs is 2. The van der Waals surface area contributed by atoms with Crippen LogP contribution in [0.2, 0.25) is 18.1 Å². The number of aliphatic hydroxyl groups excluding tert-OH is 1. The van der Waals surface area contributed by atoms with Crippen LogP contribution < -0.4 is 0 Å². The van der Waals surface area contributed by atoms with Gasteiger partial charge in [0.15, 0.2) is 8.32 Å². The second kappa shape index (κ2) is 9.80. The number of hydrogen-bond acceptors (Lipinski definition) is 5. The number of ether oxygens (including phenoxy) is 3. The van der Waals surface area contributed by atoms with Gasteiger partial charge in [0.2, 0.25) is 5.79 Å². The lowest BCUT2D eigenvalue weighted by molar-refractivity contribution is -0.417. The molecule has 3 aliphatic carbocycles. The summed E-state index contributed by atoms with van der Waals surface area (Å²) in [6.45, 7) is 17.6. The molecule has 1 spiro atoms. The third-order valence-electron chi connectivity index (χ3n) is 9.70. The van der Waals surface area contributed by atoms with Gasteiger partial charge in [0.05, 0.1) is 25.2 Å². The number of hydrogen-bond donors (Lipinski definition) is 1. The second-order valence-corrected chi connectivity index (χ2v) is 17.4. The van der Waals surface area contributed by atoms with E-state index in [9.17, 15) is 5.11 Å². The zero-order valence-corrected chi connectivity index (χ0v) is 23.6. The molecule has 0 aromatic carbocycles. The van der Waals surface area contributed by atoms with Crippen LogP contribution in [0.4, 0.5) is 0 Å². The lowest BCUT2D eigenvalue weighted by Gasteiger charge is -2.68. The zero-order valence-electron chi connectivity index (χ0n) is 22.6. The van der Waals surface area contributed by atoms with E-state index in [1.807, 2.05) is 6.92 Å². The standard InChI is InChI=1S/C28H48O5Si/c1-8-30-27-17-16-23(29)22(25(27)20(2)28(27)31-18-19-32-28)14-15-24(21-12-10-9-11-13-21)33-34(6,7)26(3,4)5/h20-25,29H,8-13,16-19H2,1-7H3/t20?,22-,23+,24-,25+,27+/m1/s1. The summed E-state index contributed by atoms with van der Waals surface area (Å²) >= 11 is 0. The Hall–Kier alpha value is -0.423. The van der Waals surface area contributed by atoms with Gasteiger partial charge in [0, 0.05) is 18.4 Å². The number of aliphatic hydroxyl groups is 1. The molecule has 0 amide bonds. The molecule has 1 saturated heterocycles. The van der Waals surface area contributed by atoms with Gasteiger partial charge in [-0.05, 0) is 56.7 Å². The smallest absolute Gasteiger partial charge is 0.201 e. The fraction of sp³-hybridized carbons (Fsp3) is 0.929. The van der Waals surface area contributed by atoms with Crippen molar-refractivity contribution in [2.45, 2.75) is 121 Å². The normalized spacial score (nSPS) is 36.9. The van der Waals surface area contributed by atoms with E-state index < -0.39 is 25.8 Å². The highest BCUT2D eigenvalue weighted by Crippen LogP contribution is 2.65. The van der Waals surface area contributed by atoms with Gasteiger partial charge < -0.3 is 23.7 Å². The average molecular weight is 493 g/mol. The van der Waals surface area contributed by atoms with Crippen LogP contribution in [0, 0.1) is 35.5 Å². The molecule has 3 saturated carbocycles. The molecule has 4 rings (SSSR count). The first-order valence-corrected chi connectivity index (χ1v) is 16.7. The molecule has 1 aliphatic heterocycles. The van der Waals surface area contributed by atoms with Crippen molar-refractivity contribution in [3.05, 3.63) is 0 Å². The first-order valence-electron chi connectivity index (χ1n) is 13.8. The van der Waals surface area contributed by atoms with Crippen LogP contribution >= 0.6 is 0 Å². The van der Waals surface area contributed by atoms with E-state index in [0.717, 1.165) is 6.42 Å². The Labute approximate surface area is 208 Å². The fourth-order valence-electron chi connectivity index (χ4n) is 6.89. The molecule has 1 unspecified atom stereocenters. The topological polar surface area (TPSA) is 57.2 Å². The minimum absolute atomic E-state index is 0.0554. The van der Waals surface area contributed by atoms with E-state index in [-0.39, 0.29) is 28.9 Å². The minimum atomic E-state index is -1.97. The molecule has 6 atom stereocenters. The summed E-state index contributed by atoms with van der Waals surface area (Å²) in [4.78, 5) is 0. The maximum atomic E-state index is 11.1. The van der Waals surface area contributed by atoms with E-state index in [2.05, 4.69) is 52.6 Å². The van der Waals surface area contributed by atoms with Crippen molar-refractivity contribution in [1.29, 1.82) is 0 Å². The molecule has 5 nitrogen and oxygen atoms in total. The summed E-state index contributed by atoms with van der Waals surface area (Å²) < 4.78 is 25.8. The summed E-state index contributed by atoms with van der Waals surface area (Å²) in [6.07, 6.45) is 7.13. The van der Waals surface area contributed by atoms with Crippen molar-refractivity contribution in [3.63, 3.8) is 0 Å². The molecular formula is C28H48O5Si. The molecule has 4 fully saturated rings. The summed E-state index contributed by atoms with van der Waals surface area (Å²) in [5.41, 5.74) is -0.517. The monoisotopic (exact) mass is 492 g/mol. The van der Waals surface area contributed by atoms with Gasteiger partial charge in [-0.25, -0.2) is 0 Å². The quantitative estimate of drug-likeness (QED) is 0.405. The van der Waals surface area contributed by atoms with Gasteiger partial charge >= 0.3 is 0 Å². The van der Waals surface area contributed by atoms with E-state index in [4.69, 9.17) is 18.6 Å². The number of rotatable bonds is 5. The van der Waals surface area contributed by atoms with Crippen molar-refractivity contribution in [3.8, 4) is 11.8 Å². The molecule has 194 valence electrons. The van der Waals surface area contributed by atoms with E-state index in [1.54, 1.807) is 0 Å². The first kappa shape index (κ1) is 26.6. The third kappa shape index (κ3) is 4.33. The van der Waals surface area contributed by atoms with E-state index >= 15 is 0 Å². The van der Waals surface area contributed by atoms with Crippen LogP contribution in [0.25, 0.3) is 0 Å². The van der Waals surface area contributed by atoms with Crippen LogP contribution in [0.15, 0.2) is 0 Å². The second-order valence-electron chi connectivity index (χ2n) is 12.6. The maximum absolute atomic E-state index is 11.1. The van der Waals surface area contributed by atoms with Crippen LogP contribution in [0.5, 0.6) is 0 Å². The summed E-state index contributed by atoms with van der Waals surface area (Å²) in [6, 6.07) is 0. The van der Waals surface area contributed by atoms with E-state index in [1.165, 1.54) is 32.1 Å². The molecule has 34 heavy (non-hydrogen) atoms. The van der Waals surface area contributed by atoms with Crippen LogP contribution in [-0.2, 0) is 18.6 Å². The highest BCUT2D eigenvalue weighted by Gasteiger charge is 2.77. The Balaban J connectivity index is 1.63. The van der Waals surface area contributed by atoms with Crippen LogP contribution in [0.1, 0.15) is 79.6 Å². The average Bonchev–Trinajstić information content (AvgIpc) is 3.31. The predicted molar refractivity (Wildman–Crippen MR) is 137 cm³/mol. The predicted octanol–water partition coefficient (Wildman–Crippen LogP) is 5.52. The molecule has 0 aromatic heterocycles. The molecule has 0 aromatic rings. The summed E-state index contributed by atoms with van der Waals surface area (Å²) in [5, 5.41) is 11.3. The van der Waals surface area contributed by atoms with E-state index in [0.29, 0.717) is 32.2 Å². The lowest BCUT2D eigenvalue weighted by Crippen LogP contribution is -2.80. The van der Waals surface area contributed by atoms with Gasteiger partial charge in [-0.3, -0.25) is 0 Å². The molecule has 1 heterocycles. The summed E-state index contributed by atoms with van der Waals surface area (Å²) in [7, 11) is -1.97. The Morgan fingerprint density at radius 2 is 1.74 bits per heavy atom. The van der Waals surface area contributed by atoms with Crippen molar-refractivity contribution in [2.24, 2.45) is 23.7 Å². The van der Waals surface area contributed by atoms with Crippen molar-refractivity contribution in [1.82, 2.24) is 0 Å². The Morgan fingerprint density at radius 3 is 2.32 bits per heavy atom. The molecular weight excluding hydrogens is 444 g/mol. The van der Waals surface area contributed by atoms with Crippen LogP contribution in [0.3, 0.4) is 0 Å². The minimum Gasteiger partial charge on any atom is -0.403 e. The maximum Gasteiger partial charge on any atom is 0.201 e. The van der Waals surface area contributed by atoms with Crippen molar-refractivity contribution in [2.75, 3.05) is 19.8 Å². The van der Waals surface area contributed by atoms with Crippen molar-refractivity contribution >= 4 is 8.32 Å². The largest absolute Gasteiger partial charge is 0.403 e. The third-order valence-corrected chi connectivity index (χ3v) is 14.2. The molecule has 6 heteroatoms. The summed E-state index contributed by atoms with van der Waals surface area (Å²) in [5.74, 6) is 7.10. The van der Waals surface area contributed by atoms with Crippen LogP contribution in [-0.4, -0.2) is 56.8 Å². The molecule has 0 radical (unpaired) electrons. The highest BCUT2D eigenvalue weighted by atomic mass is 28.4. The van der Waals surface area contributed by atoms with Gasteiger partial charge in [-0.1, -0.05) is 58.8 Å². The van der Waals surface area contributed by atoms with Gasteiger partial charge in [0.25, 0.3) is 0 Å².